The van der Waals surface area contributed by atoms with Gasteiger partial charge in [-0.2, -0.15) is 22.0 Å². The molecule has 7 heteroatoms. The molecule has 2 rings (SSSR count). The van der Waals surface area contributed by atoms with Gasteiger partial charge in [-0.1, -0.05) is 39.0 Å². The van der Waals surface area contributed by atoms with E-state index in [1.54, 1.807) is 0 Å². The predicted molar refractivity (Wildman–Crippen MR) is 96.2 cm³/mol. The average molecular weight is 406 g/mol. The molecule has 0 bridgehead atoms. The summed E-state index contributed by atoms with van der Waals surface area (Å²) in [5.74, 6) is -5.02. The Labute approximate surface area is 162 Å². The van der Waals surface area contributed by atoms with E-state index in [9.17, 15) is 26.7 Å². The molecule has 0 saturated heterocycles. The van der Waals surface area contributed by atoms with Gasteiger partial charge >= 0.3 is 18.1 Å². The Balaban J connectivity index is 1.82. The molecule has 0 heterocycles. The first-order valence-electron chi connectivity index (χ1n) is 9.92. The second-order valence-corrected chi connectivity index (χ2v) is 7.58. The van der Waals surface area contributed by atoms with Crippen molar-refractivity contribution < 1.29 is 31.5 Å². The fourth-order valence-electron chi connectivity index (χ4n) is 3.64. The second kappa shape index (κ2) is 9.70. The number of halogens is 5. The molecule has 0 atom stereocenters. The van der Waals surface area contributed by atoms with Gasteiger partial charge in [-0.05, 0) is 55.9 Å². The number of benzene rings is 1. The summed E-state index contributed by atoms with van der Waals surface area (Å²) in [6, 6.07) is 3.24. The quantitative estimate of drug-likeness (QED) is 0.201. The molecule has 0 unspecified atom stereocenters. The first kappa shape index (κ1) is 22.6. The van der Waals surface area contributed by atoms with Crippen molar-refractivity contribution in [2.75, 3.05) is 0 Å². The number of carbonyl (C=O) groups excluding carboxylic acids is 1. The Morgan fingerprint density at radius 3 is 2.11 bits per heavy atom. The van der Waals surface area contributed by atoms with Gasteiger partial charge in [0.1, 0.15) is 5.75 Å². The van der Waals surface area contributed by atoms with E-state index in [4.69, 9.17) is 4.74 Å². The zero-order valence-electron chi connectivity index (χ0n) is 16.0. The SMILES string of the molecule is CCCCCCC1CCC(C(=O)Oc2ccc(C(F)(F)C(F)(F)F)cc2)CC1. The Morgan fingerprint density at radius 1 is 0.964 bits per heavy atom. The van der Waals surface area contributed by atoms with Crippen LogP contribution in [0.4, 0.5) is 22.0 Å². The Hall–Kier alpha value is -1.66. The Kier molecular flexibility index (Phi) is 7.84. The lowest BCUT2D eigenvalue weighted by Gasteiger charge is -2.27. The van der Waals surface area contributed by atoms with E-state index in [0.29, 0.717) is 18.1 Å². The number of ether oxygens (including phenoxy) is 1. The van der Waals surface area contributed by atoms with Crippen LogP contribution in [0.25, 0.3) is 0 Å². The zero-order chi connectivity index (χ0) is 20.8. The molecule has 1 aromatic rings. The highest BCUT2D eigenvalue weighted by atomic mass is 19.4. The van der Waals surface area contributed by atoms with Gasteiger partial charge in [0.2, 0.25) is 0 Å². The fourth-order valence-corrected chi connectivity index (χ4v) is 3.64. The summed E-state index contributed by atoms with van der Waals surface area (Å²) in [6.07, 6.45) is 3.78. The minimum Gasteiger partial charge on any atom is -0.426 e. The van der Waals surface area contributed by atoms with Crippen molar-refractivity contribution in [3.05, 3.63) is 29.8 Å². The van der Waals surface area contributed by atoms with Gasteiger partial charge in [0.05, 0.1) is 5.92 Å². The molecular formula is C21H27F5O2. The van der Waals surface area contributed by atoms with E-state index in [1.165, 1.54) is 32.1 Å². The van der Waals surface area contributed by atoms with Crippen molar-refractivity contribution >= 4 is 5.97 Å². The third-order valence-electron chi connectivity index (χ3n) is 5.44. The lowest BCUT2D eigenvalue weighted by Crippen LogP contribution is -2.33. The standard InChI is InChI=1S/C21H27F5O2/c1-2-3-4-5-6-15-7-9-16(10-8-15)19(27)28-18-13-11-17(12-14-18)20(22,23)21(24,25)26/h11-16H,2-10H2,1H3. The molecule has 0 spiro atoms. The largest absolute Gasteiger partial charge is 0.458 e. The third-order valence-corrected chi connectivity index (χ3v) is 5.44. The summed E-state index contributed by atoms with van der Waals surface area (Å²) in [4.78, 5) is 12.3. The lowest BCUT2D eigenvalue weighted by molar-refractivity contribution is -0.289. The summed E-state index contributed by atoms with van der Waals surface area (Å²) in [7, 11) is 0. The van der Waals surface area contributed by atoms with E-state index >= 15 is 0 Å². The molecule has 0 radical (unpaired) electrons. The van der Waals surface area contributed by atoms with E-state index in [-0.39, 0.29) is 11.7 Å². The van der Waals surface area contributed by atoms with Gasteiger partial charge in [0.25, 0.3) is 0 Å². The van der Waals surface area contributed by atoms with E-state index in [0.717, 1.165) is 37.8 Å². The maximum absolute atomic E-state index is 13.3. The highest BCUT2D eigenvalue weighted by Crippen LogP contribution is 2.44. The van der Waals surface area contributed by atoms with Gasteiger partial charge in [-0.25, -0.2) is 0 Å². The van der Waals surface area contributed by atoms with E-state index in [2.05, 4.69) is 6.92 Å². The van der Waals surface area contributed by atoms with Gasteiger partial charge in [0, 0.05) is 5.56 Å². The number of hydrogen-bond donors (Lipinski definition) is 0. The second-order valence-electron chi connectivity index (χ2n) is 7.58. The molecule has 28 heavy (non-hydrogen) atoms. The Bertz CT molecular complexity index is 617. The van der Waals surface area contributed by atoms with Crippen LogP contribution in [-0.4, -0.2) is 12.1 Å². The zero-order valence-corrected chi connectivity index (χ0v) is 16.0. The normalized spacial score (nSPS) is 20.8. The van der Waals surface area contributed by atoms with Gasteiger partial charge in [-0.15, -0.1) is 0 Å². The van der Waals surface area contributed by atoms with Crippen LogP contribution in [0.3, 0.4) is 0 Å². The molecule has 1 aromatic carbocycles. The van der Waals surface area contributed by atoms with Crippen molar-refractivity contribution in [2.24, 2.45) is 11.8 Å². The molecular weight excluding hydrogens is 379 g/mol. The summed E-state index contributed by atoms with van der Waals surface area (Å²) in [6.45, 7) is 2.17. The van der Waals surface area contributed by atoms with Crippen molar-refractivity contribution in [3.8, 4) is 5.75 Å². The molecule has 158 valence electrons. The summed E-state index contributed by atoms with van der Waals surface area (Å²) < 4.78 is 68.9. The van der Waals surface area contributed by atoms with Crippen LogP contribution >= 0.6 is 0 Å². The van der Waals surface area contributed by atoms with Gasteiger partial charge in [0.15, 0.2) is 0 Å². The molecule has 0 amide bonds. The summed E-state index contributed by atoms with van der Waals surface area (Å²) >= 11 is 0. The number of unbranched alkanes of at least 4 members (excludes halogenated alkanes) is 3. The molecule has 0 aliphatic heterocycles. The molecule has 1 saturated carbocycles. The molecule has 2 nitrogen and oxygen atoms in total. The van der Waals surface area contributed by atoms with Crippen LogP contribution in [0, 0.1) is 11.8 Å². The fraction of sp³-hybridized carbons (Fsp3) is 0.667. The first-order chi connectivity index (χ1) is 13.1. The molecule has 0 N–H and O–H groups in total. The van der Waals surface area contributed by atoms with Crippen LogP contribution in [0.5, 0.6) is 5.75 Å². The van der Waals surface area contributed by atoms with Crippen LogP contribution in [0.2, 0.25) is 0 Å². The molecule has 1 fully saturated rings. The van der Waals surface area contributed by atoms with Crippen molar-refractivity contribution in [1.82, 2.24) is 0 Å². The number of rotatable bonds is 8. The first-order valence-corrected chi connectivity index (χ1v) is 9.92. The van der Waals surface area contributed by atoms with Crippen LogP contribution < -0.4 is 4.74 Å². The number of alkyl halides is 5. The predicted octanol–water partition coefficient (Wildman–Crippen LogP) is 7.02. The van der Waals surface area contributed by atoms with Crippen LogP contribution in [-0.2, 0) is 10.7 Å². The van der Waals surface area contributed by atoms with Crippen LogP contribution in [0.1, 0.15) is 70.3 Å². The van der Waals surface area contributed by atoms with Crippen LogP contribution in [0.15, 0.2) is 24.3 Å². The molecule has 0 aromatic heterocycles. The highest BCUT2D eigenvalue weighted by Gasteiger charge is 2.58. The van der Waals surface area contributed by atoms with E-state index < -0.39 is 23.6 Å². The van der Waals surface area contributed by atoms with E-state index in [1.807, 2.05) is 0 Å². The van der Waals surface area contributed by atoms with Crippen molar-refractivity contribution in [2.45, 2.75) is 76.8 Å². The topological polar surface area (TPSA) is 26.3 Å². The van der Waals surface area contributed by atoms with Crippen molar-refractivity contribution in [1.29, 1.82) is 0 Å². The number of carbonyl (C=O) groups is 1. The van der Waals surface area contributed by atoms with Crippen molar-refractivity contribution in [3.63, 3.8) is 0 Å². The number of esters is 1. The average Bonchev–Trinajstić information content (AvgIpc) is 2.65. The maximum Gasteiger partial charge on any atom is 0.458 e. The lowest BCUT2D eigenvalue weighted by atomic mass is 9.80. The number of hydrogen-bond acceptors (Lipinski definition) is 2. The summed E-state index contributed by atoms with van der Waals surface area (Å²) in [5, 5.41) is 0. The molecule has 1 aliphatic carbocycles. The van der Waals surface area contributed by atoms with Gasteiger partial charge < -0.3 is 4.74 Å². The van der Waals surface area contributed by atoms with Gasteiger partial charge in [-0.3, -0.25) is 4.79 Å². The Morgan fingerprint density at radius 2 is 1.57 bits per heavy atom. The highest BCUT2D eigenvalue weighted by molar-refractivity contribution is 5.75. The minimum atomic E-state index is -5.67. The molecule has 1 aliphatic rings. The monoisotopic (exact) mass is 406 g/mol. The summed E-state index contributed by atoms with van der Waals surface area (Å²) in [5.41, 5.74) is -1.18. The maximum atomic E-state index is 13.3. The smallest absolute Gasteiger partial charge is 0.426 e. The minimum absolute atomic E-state index is 0.0200. The third kappa shape index (κ3) is 5.92.